The molecule has 7 nitrogen and oxygen atoms in total. The molecule has 1 aliphatic heterocycles. The van der Waals surface area contributed by atoms with Crippen molar-refractivity contribution in [3.8, 4) is 11.4 Å². The first-order chi connectivity index (χ1) is 13.0. The second-order valence-electron chi connectivity index (χ2n) is 7.14. The second-order valence-corrected chi connectivity index (χ2v) is 7.14. The molecule has 0 spiro atoms. The molecule has 0 saturated carbocycles. The molecule has 3 rings (SSSR count). The average molecular weight is 371 g/mol. The first-order valence-electron chi connectivity index (χ1n) is 9.44. The Balaban J connectivity index is 1.57. The summed E-state index contributed by atoms with van der Waals surface area (Å²) in [6.07, 6.45) is 4.85. The molecule has 2 aromatic rings. The van der Waals surface area contributed by atoms with Gasteiger partial charge in [0.25, 0.3) is 0 Å². The minimum absolute atomic E-state index is 0.0567. The molecule has 0 radical (unpaired) electrons. The number of carbonyl (C=O) groups excluding carboxylic acids is 1. The van der Waals surface area contributed by atoms with E-state index in [1.165, 1.54) is 0 Å². The summed E-state index contributed by atoms with van der Waals surface area (Å²) >= 11 is 0. The van der Waals surface area contributed by atoms with E-state index in [1.54, 1.807) is 18.0 Å². The molecule has 0 bridgehead atoms. The van der Waals surface area contributed by atoms with Crippen LogP contribution in [-0.4, -0.2) is 72.4 Å². The number of hydrogen-bond donors (Lipinski definition) is 1. The molecule has 1 atom stereocenters. The Morgan fingerprint density at radius 1 is 1.30 bits per heavy atom. The van der Waals surface area contributed by atoms with Crippen LogP contribution in [0.4, 0.5) is 0 Å². The fourth-order valence-corrected chi connectivity index (χ4v) is 3.29. The third kappa shape index (κ3) is 5.30. The van der Waals surface area contributed by atoms with Gasteiger partial charge >= 0.3 is 0 Å². The van der Waals surface area contributed by atoms with Crippen LogP contribution in [0.3, 0.4) is 0 Å². The number of carbonyl (C=O) groups is 1. The van der Waals surface area contributed by atoms with Crippen LogP contribution in [0.1, 0.15) is 24.9 Å². The Bertz CT molecular complexity index is 760. The van der Waals surface area contributed by atoms with E-state index in [1.807, 2.05) is 37.4 Å². The van der Waals surface area contributed by atoms with E-state index in [9.17, 15) is 4.79 Å². The largest absolute Gasteiger partial charge is 0.497 e. The number of hydrogen-bond acceptors (Lipinski definition) is 5. The lowest BCUT2D eigenvalue weighted by Crippen LogP contribution is -2.39. The highest BCUT2D eigenvalue weighted by molar-refractivity contribution is 5.78. The van der Waals surface area contributed by atoms with E-state index in [0.29, 0.717) is 6.54 Å². The normalized spacial score (nSPS) is 17.3. The summed E-state index contributed by atoms with van der Waals surface area (Å²) in [7, 11) is 3.78. The Hall–Kier alpha value is -2.38. The zero-order valence-electron chi connectivity index (χ0n) is 16.4. The maximum absolute atomic E-state index is 12.4. The number of benzene rings is 1. The van der Waals surface area contributed by atoms with Crippen molar-refractivity contribution in [2.24, 2.45) is 0 Å². The van der Waals surface area contributed by atoms with Crippen LogP contribution in [0.25, 0.3) is 5.69 Å². The third-order valence-corrected chi connectivity index (χ3v) is 4.98. The second kappa shape index (κ2) is 9.01. The molecule has 1 aliphatic rings. The van der Waals surface area contributed by atoms with Gasteiger partial charge in [0.2, 0.25) is 5.91 Å². The molecule has 7 heteroatoms. The van der Waals surface area contributed by atoms with Crippen LogP contribution in [-0.2, 0) is 4.79 Å². The molecule has 1 fully saturated rings. The highest BCUT2D eigenvalue weighted by Crippen LogP contribution is 2.18. The minimum atomic E-state index is -0.0912. The van der Waals surface area contributed by atoms with E-state index >= 15 is 0 Å². The lowest BCUT2D eigenvalue weighted by atomic mass is 10.2. The van der Waals surface area contributed by atoms with E-state index in [0.717, 1.165) is 49.6 Å². The third-order valence-electron chi connectivity index (χ3n) is 4.98. The maximum atomic E-state index is 12.4. The minimum Gasteiger partial charge on any atom is -0.497 e. The summed E-state index contributed by atoms with van der Waals surface area (Å²) in [6.45, 7) is 6.45. The van der Waals surface area contributed by atoms with E-state index < -0.39 is 0 Å². The molecule has 1 saturated heterocycles. The quantitative estimate of drug-likeness (QED) is 0.837. The summed E-state index contributed by atoms with van der Waals surface area (Å²) in [5, 5.41) is 7.51. The molecule has 1 amide bonds. The average Bonchev–Trinajstić information content (AvgIpc) is 3.08. The number of amides is 1. The van der Waals surface area contributed by atoms with Crippen molar-refractivity contribution in [2.75, 3.05) is 46.9 Å². The highest BCUT2D eigenvalue weighted by atomic mass is 16.5. The van der Waals surface area contributed by atoms with Crippen molar-refractivity contribution >= 4 is 5.91 Å². The number of ether oxygens (including phenoxy) is 1. The molecule has 2 heterocycles. The molecule has 1 N–H and O–H groups in total. The van der Waals surface area contributed by atoms with Gasteiger partial charge in [-0.25, -0.2) is 4.68 Å². The van der Waals surface area contributed by atoms with Crippen molar-refractivity contribution in [1.82, 2.24) is 24.9 Å². The molecule has 0 aliphatic carbocycles. The van der Waals surface area contributed by atoms with Gasteiger partial charge in [0.1, 0.15) is 5.75 Å². The summed E-state index contributed by atoms with van der Waals surface area (Å²) in [6, 6.07) is 7.64. The molecule has 1 unspecified atom stereocenters. The Morgan fingerprint density at radius 3 is 2.96 bits per heavy atom. The zero-order valence-corrected chi connectivity index (χ0v) is 16.4. The van der Waals surface area contributed by atoms with Crippen LogP contribution >= 0.6 is 0 Å². The van der Waals surface area contributed by atoms with Crippen LogP contribution < -0.4 is 10.1 Å². The van der Waals surface area contributed by atoms with Gasteiger partial charge in [-0.05, 0) is 45.6 Å². The van der Waals surface area contributed by atoms with Gasteiger partial charge in [-0.15, -0.1) is 0 Å². The first kappa shape index (κ1) is 19.4. The highest BCUT2D eigenvalue weighted by Gasteiger charge is 2.17. The van der Waals surface area contributed by atoms with Crippen molar-refractivity contribution in [2.45, 2.75) is 19.4 Å². The Labute approximate surface area is 160 Å². The summed E-state index contributed by atoms with van der Waals surface area (Å²) in [4.78, 5) is 17.0. The number of methoxy groups -OCH3 is 1. The lowest BCUT2D eigenvalue weighted by molar-refractivity contribution is -0.122. The van der Waals surface area contributed by atoms with Crippen LogP contribution in [0.15, 0.2) is 36.7 Å². The van der Waals surface area contributed by atoms with Gasteiger partial charge in [0, 0.05) is 30.9 Å². The summed E-state index contributed by atoms with van der Waals surface area (Å²) in [5.74, 6) is 0.843. The molecular weight excluding hydrogens is 342 g/mol. The summed E-state index contributed by atoms with van der Waals surface area (Å²) < 4.78 is 7.06. The topological polar surface area (TPSA) is 62.6 Å². The molecule has 27 heavy (non-hydrogen) atoms. The number of aromatic nitrogens is 2. The predicted molar refractivity (Wildman–Crippen MR) is 105 cm³/mol. The van der Waals surface area contributed by atoms with Crippen molar-refractivity contribution in [3.63, 3.8) is 0 Å². The smallest absolute Gasteiger partial charge is 0.234 e. The van der Waals surface area contributed by atoms with Crippen molar-refractivity contribution in [3.05, 3.63) is 42.2 Å². The number of rotatable bonds is 6. The van der Waals surface area contributed by atoms with Gasteiger partial charge in [0.05, 0.1) is 31.6 Å². The van der Waals surface area contributed by atoms with Gasteiger partial charge in [-0.1, -0.05) is 6.07 Å². The fraction of sp³-hybridized carbons (Fsp3) is 0.500. The SMILES string of the molecule is COc1cccc(-n2cc(C(C)NC(=O)CN3CCCN(C)CC3)cn2)c1. The first-order valence-corrected chi connectivity index (χ1v) is 9.44. The van der Waals surface area contributed by atoms with Gasteiger partial charge in [-0.3, -0.25) is 9.69 Å². The fourth-order valence-electron chi connectivity index (χ4n) is 3.29. The van der Waals surface area contributed by atoms with Crippen molar-refractivity contribution < 1.29 is 9.53 Å². The van der Waals surface area contributed by atoms with Crippen LogP contribution in [0, 0.1) is 0 Å². The van der Waals surface area contributed by atoms with Crippen LogP contribution in [0.5, 0.6) is 5.75 Å². The lowest BCUT2D eigenvalue weighted by Gasteiger charge is -2.21. The molecule has 1 aromatic carbocycles. The van der Waals surface area contributed by atoms with E-state index in [-0.39, 0.29) is 11.9 Å². The van der Waals surface area contributed by atoms with Crippen molar-refractivity contribution in [1.29, 1.82) is 0 Å². The van der Waals surface area contributed by atoms with Gasteiger partial charge < -0.3 is 15.0 Å². The van der Waals surface area contributed by atoms with Gasteiger partial charge in [0.15, 0.2) is 0 Å². The number of likely N-dealkylation sites (N-methyl/N-ethyl adjacent to an activating group) is 1. The monoisotopic (exact) mass is 371 g/mol. The Morgan fingerprint density at radius 2 is 2.15 bits per heavy atom. The van der Waals surface area contributed by atoms with Gasteiger partial charge in [-0.2, -0.15) is 5.10 Å². The molecule has 1 aromatic heterocycles. The molecule has 146 valence electrons. The molecular formula is C20H29N5O2. The number of nitrogens with one attached hydrogen (secondary N) is 1. The Kier molecular flexibility index (Phi) is 6.47. The maximum Gasteiger partial charge on any atom is 0.234 e. The standard InChI is InChI=1S/C20H29N5O2/c1-16(22-20(26)15-24-9-5-8-23(2)10-11-24)17-13-21-25(14-17)18-6-4-7-19(12-18)27-3/h4,6-7,12-14,16H,5,8-11,15H2,1-3H3,(H,22,26). The van der Waals surface area contributed by atoms with Crippen LogP contribution in [0.2, 0.25) is 0 Å². The van der Waals surface area contributed by atoms with E-state index in [4.69, 9.17) is 4.74 Å². The summed E-state index contributed by atoms with van der Waals surface area (Å²) in [5.41, 5.74) is 1.90. The van der Waals surface area contributed by atoms with E-state index in [2.05, 4.69) is 27.3 Å². The number of nitrogens with zero attached hydrogens (tertiary/aromatic N) is 4. The predicted octanol–water partition coefficient (Wildman–Crippen LogP) is 1.70. The zero-order chi connectivity index (χ0) is 19.2.